The molecule has 1 amide bonds. The van der Waals surface area contributed by atoms with Crippen LogP contribution >= 0.6 is 11.6 Å². The Morgan fingerprint density at radius 1 is 1.27 bits per heavy atom. The number of carbonyl (C=O) groups is 1. The second-order valence-corrected chi connectivity index (χ2v) is 8.69. The molecule has 0 bridgehead atoms. The van der Waals surface area contributed by atoms with E-state index in [0.29, 0.717) is 35.7 Å². The number of hydrogen-bond acceptors (Lipinski definition) is 4. The number of aromatic nitrogens is 1. The second kappa shape index (κ2) is 8.16. The van der Waals surface area contributed by atoms with E-state index in [-0.39, 0.29) is 19.0 Å². The molecule has 2 aromatic rings. The highest BCUT2D eigenvalue weighted by Gasteiger charge is 2.32. The average molecular weight is 394 g/mol. The lowest BCUT2D eigenvalue weighted by Crippen LogP contribution is -2.48. The normalized spacial score (nSPS) is 17.9. The van der Waals surface area contributed by atoms with Crippen LogP contribution < -0.4 is 4.72 Å². The summed E-state index contributed by atoms with van der Waals surface area (Å²) in [5, 5.41) is -0.155. The summed E-state index contributed by atoms with van der Waals surface area (Å²) < 4.78 is 27.8. The Balaban J connectivity index is 1.66. The van der Waals surface area contributed by atoms with Gasteiger partial charge in [0.1, 0.15) is 0 Å². The molecule has 1 aliphatic rings. The van der Waals surface area contributed by atoms with E-state index in [1.807, 2.05) is 6.07 Å². The minimum absolute atomic E-state index is 0.141. The van der Waals surface area contributed by atoms with Gasteiger partial charge in [0, 0.05) is 29.9 Å². The van der Waals surface area contributed by atoms with Crippen molar-refractivity contribution >= 4 is 27.5 Å². The molecule has 1 saturated heterocycles. The minimum atomic E-state index is -3.55. The number of nitrogens with one attached hydrogen (secondary N) is 1. The maximum absolute atomic E-state index is 12.6. The number of rotatable bonds is 5. The average Bonchev–Trinajstić information content (AvgIpc) is 2.67. The first kappa shape index (κ1) is 18.8. The highest BCUT2D eigenvalue weighted by atomic mass is 35.5. The van der Waals surface area contributed by atoms with E-state index >= 15 is 0 Å². The van der Waals surface area contributed by atoms with Crippen molar-refractivity contribution in [2.75, 3.05) is 13.1 Å². The Bertz CT molecular complexity index is 874. The lowest BCUT2D eigenvalue weighted by atomic mass is 10.1. The molecule has 2 heterocycles. The smallest absolute Gasteiger partial charge is 0.253 e. The van der Waals surface area contributed by atoms with Gasteiger partial charge in [0.25, 0.3) is 5.91 Å². The zero-order valence-electron chi connectivity index (χ0n) is 14.1. The molecule has 1 N–H and O–H groups in total. The molecule has 1 aliphatic heterocycles. The summed E-state index contributed by atoms with van der Waals surface area (Å²) in [5.74, 6) is -0.197. The maximum atomic E-state index is 12.6. The number of benzene rings is 1. The van der Waals surface area contributed by atoms with Crippen LogP contribution in [0.1, 0.15) is 28.9 Å². The molecule has 0 radical (unpaired) electrons. The molecule has 1 fully saturated rings. The van der Waals surface area contributed by atoms with Crippen molar-refractivity contribution in [2.24, 2.45) is 0 Å². The largest absolute Gasteiger partial charge is 0.337 e. The van der Waals surface area contributed by atoms with Crippen molar-refractivity contribution in [1.29, 1.82) is 0 Å². The number of sulfonamides is 1. The van der Waals surface area contributed by atoms with E-state index in [0.717, 1.165) is 0 Å². The molecule has 0 spiro atoms. The molecule has 6 nitrogen and oxygen atoms in total. The standard InChI is InChI=1S/C18H20ClN3O3S/c19-15-6-3-5-14(11-15)18(23)22-10-4-8-17(13-22)26(24,25)21-12-16-7-1-2-9-20-16/h1-3,5-7,9,11,17,21H,4,8,10,12-13H2/t17-/m1/s1. The minimum Gasteiger partial charge on any atom is -0.337 e. The van der Waals surface area contributed by atoms with Gasteiger partial charge in [-0.1, -0.05) is 23.7 Å². The molecule has 1 aromatic carbocycles. The highest BCUT2D eigenvalue weighted by Crippen LogP contribution is 2.20. The van der Waals surface area contributed by atoms with Crippen LogP contribution in [-0.2, 0) is 16.6 Å². The first-order chi connectivity index (χ1) is 12.5. The summed E-state index contributed by atoms with van der Waals surface area (Å²) in [4.78, 5) is 18.3. The van der Waals surface area contributed by atoms with Crippen LogP contribution in [0.2, 0.25) is 5.02 Å². The molecule has 138 valence electrons. The molecule has 1 atom stereocenters. The van der Waals surface area contributed by atoms with Crippen LogP contribution in [0, 0.1) is 0 Å². The number of nitrogens with zero attached hydrogens (tertiary/aromatic N) is 2. The van der Waals surface area contributed by atoms with Gasteiger partial charge in [0.05, 0.1) is 17.5 Å². The molecular weight excluding hydrogens is 374 g/mol. The predicted molar refractivity (Wildman–Crippen MR) is 100 cm³/mol. The summed E-state index contributed by atoms with van der Waals surface area (Å²) in [5.41, 5.74) is 1.12. The van der Waals surface area contributed by atoms with E-state index < -0.39 is 15.3 Å². The van der Waals surface area contributed by atoms with Gasteiger partial charge in [-0.3, -0.25) is 9.78 Å². The highest BCUT2D eigenvalue weighted by molar-refractivity contribution is 7.90. The van der Waals surface area contributed by atoms with Crippen LogP contribution in [0.15, 0.2) is 48.7 Å². The van der Waals surface area contributed by atoms with E-state index in [4.69, 9.17) is 11.6 Å². The number of halogens is 1. The van der Waals surface area contributed by atoms with Crippen molar-refractivity contribution in [3.8, 4) is 0 Å². The first-order valence-electron chi connectivity index (χ1n) is 8.39. The molecule has 3 rings (SSSR count). The number of likely N-dealkylation sites (tertiary alicyclic amines) is 1. The molecule has 0 unspecified atom stereocenters. The van der Waals surface area contributed by atoms with Crippen molar-refractivity contribution in [2.45, 2.75) is 24.6 Å². The van der Waals surface area contributed by atoms with E-state index in [1.54, 1.807) is 47.5 Å². The summed E-state index contributed by atoms with van der Waals surface area (Å²) in [7, 11) is -3.55. The van der Waals surface area contributed by atoms with Gasteiger partial charge in [-0.15, -0.1) is 0 Å². The van der Waals surface area contributed by atoms with Gasteiger partial charge in [-0.25, -0.2) is 13.1 Å². The van der Waals surface area contributed by atoms with Crippen molar-refractivity contribution in [3.63, 3.8) is 0 Å². The Labute approximate surface area is 158 Å². The maximum Gasteiger partial charge on any atom is 0.253 e. The molecule has 0 aliphatic carbocycles. The summed E-state index contributed by atoms with van der Waals surface area (Å²) in [6, 6.07) is 12.0. The van der Waals surface area contributed by atoms with E-state index in [9.17, 15) is 13.2 Å². The fraction of sp³-hybridized carbons (Fsp3) is 0.333. The SMILES string of the molecule is O=C(c1cccc(Cl)c1)N1CCC[C@@H](S(=O)(=O)NCc2ccccn2)C1. The molecular formula is C18H20ClN3O3S. The fourth-order valence-corrected chi connectivity index (χ4v) is 4.60. The van der Waals surface area contributed by atoms with Crippen LogP contribution in [0.5, 0.6) is 0 Å². The number of amides is 1. The van der Waals surface area contributed by atoms with Gasteiger partial charge in [-0.2, -0.15) is 0 Å². The molecule has 0 saturated carbocycles. The summed E-state index contributed by atoms with van der Waals surface area (Å²) in [6.07, 6.45) is 2.79. The monoisotopic (exact) mass is 393 g/mol. The number of hydrogen-bond donors (Lipinski definition) is 1. The summed E-state index contributed by atoms with van der Waals surface area (Å²) in [6.45, 7) is 0.850. The number of pyridine rings is 1. The Morgan fingerprint density at radius 3 is 2.85 bits per heavy atom. The third-order valence-corrected chi connectivity index (χ3v) is 6.40. The first-order valence-corrected chi connectivity index (χ1v) is 10.3. The Kier molecular flexibility index (Phi) is 5.90. The fourth-order valence-electron chi connectivity index (χ4n) is 2.98. The van der Waals surface area contributed by atoms with Gasteiger partial charge in [-0.05, 0) is 43.2 Å². The lowest BCUT2D eigenvalue weighted by molar-refractivity contribution is 0.0726. The predicted octanol–water partition coefficient (Wildman–Crippen LogP) is 2.46. The quantitative estimate of drug-likeness (QED) is 0.846. The van der Waals surface area contributed by atoms with Gasteiger partial charge in [0.2, 0.25) is 10.0 Å². The van der Waals surface area contributed by atoms with E-state index in [1.165, 1.54) is 0 Å². The Morgan fingerprint density at radius 2 is 2.12 bits per heavy atom. The zero-order chi connectivity index (χ0) is 18.6. The number of piperidine rings is 1. The zero-order valence-corrected chi connectivity index (χ0v) is 15.7. The molecule has 8 heteroatoms. The second-order valence-electron chi connectivity index (χ2n) is 6.21. The van der Waals surface area contributed by atoms with Gasteiger partial charge >= 0.3 is 0 Å². The van der Waals surface area contributed by atoms with Crippen molar-refractivity contribution < 1.29 is 13.2 Å². The summed E-state index contributed by atoms with van der Waals surface area (Å²) >= 11 is 5.95. The van der Waals surface area contributed by atoms with Crippen molar-refractivity contribution in [1.82, 2.24) is 14.6 Å². The Hall–Kier alpha value is -1.96. The van der Waals surface area contributed by atoms with Crippen molar-refractivity contribution in [3.05, 3.63) is 64.9 Å². The number of carbonyl (C=O) groups excluding carboxylic acids is 1. The van der Waals surface area contributed by atoms with Crippen LogP contribution in [0.25, 0.3) is 0 Å². The molecule has 1 aromatic heterocycles. The third-order valence-electron chi connectivity index (χ3n) is 4.36. The van der Waals surface area contributed by atoms with Gasteiger partial charge < -0.3 is 4.90 Å². The van der Waals surface area contributed by atoms with Crippen LogP contribution in [0.4, 0.5) is 0 Å². The van der Waals surface area contributed by atoms with Crippen LogP contribution in [0.3, 0.4) is 0 Å². The van der Waals surface area contributed by atoms with E-state index in [2.05, 4.69) is 9.71 Å². The molecule has 26 heavy (non-hydrogen) atoms. The topological polar surface area (TPSA) is 79.4 Å². The van der Waals surface area contributed by atoms with Crippen LogP contribution in [-0.4, -0.2) is 42.5 Å². The lowest BCUT2D eigenvalue weighted by Gasteiger charge is -2.32. The third kappa shape index (κ3) is 4.60. The van der Waals surface area contributed by atoms with Gasteiger partial charge in [0.15, 0.2) is 0 Å².